The Balaban J connectivity index is 1.91. The molecule has 0 aromatic carbocycles. The van der Waals surface area contributed by atoms with Crippen LogP contribution in [0.5, 0.6) is 0 Å². The average molecular weight is 241 g/mol. The molecule has 1 unspecified atom stereocenters. The van der Waals surface area contributed by atoms with Gasteiger partial charge in [0.05, 0.1) is 6.04 Å². The molecule has 1 aliphatic carbocycles. The quantitative estimate of drug-likeness (QED) is 0.793. The van der Waals surface area contributed by atoms with Gasteiger partial charge in [-0.2, -0.15) is 0 Å². The summed E-state index contributed by atoms with van der Waals surface area (Å²) < 4.78 is 2.00. The van der Waals surface area contributed by atoms with Crippen LogP contribution in [0.4, 0.5) is 0 Å². The van der Waals surface area contributed by atoms with Crippen LogP contribution in [-0.2, 0) is 0 Å². The fourth-order valence-corrected chi connectivity index (χ4v) is 3.08. The lowest BCUT2D eigenvalue weighted by atomic mass is 10.3. The van der Waals surface area contributed by atoms with E-state index in [0.29, 0.717) is 6.04 Å². The van der Waals surface area contributed by atoms with Crippen molar-refractivity contribution < 1.29 is 0 Å². The summed E-state index contributed by atoms with van der Waals surface area (Å²) in [6.45, 7) is 2.03. The number of nitrogens with two attached hydrogens (primary N) is 1. The third-order valence-electron chi connectivity index (χ3n) is 2.94. The molecule has 1 heterocycles. The van der Waals surface area contributed by atoms with E-state index in [2.05, 4.69) is 15.5 Å². The Morgan fingerprint density at radius 3 is 2.94 bits per heavy atom. The Labute approximate surface area is 100 Å². The van der Waals surface area contributed by atoms with E-state index in [0.717, 1.165) is 17.3 Å². The van der Waals surface area contributed by atoms with E-state index in [4.69, 9.17) is 5.73 Å². The second kappa shape index (κ2) is 5.63. The molecule has 1 atom stereocenters. The molecule has 1 saturated carbocycles. The molecule has 16 heavy (non-hydrogen) atoms. The Morgan fingerprint density at radius 2 is 2.25 bits per heavy atom. The van der Waals surface area contributed by atoms with Crippen molar-refractivity contribution in [1.82, 2.24) is 20.2 Å². The molecule has 1 aliphatic rings. The Kier molecular flexibility index (Phi) is 4.17. The van der Waals surface area contributed by atoms with Gasteiger partial charge in [0.15, 0.2) is 0 Å². The first-order valence-electron chi connectivity index (χ1n) is 5.93. The van der Waals surface area contributed by atoms with Crippen molar-refractivity contribution in [3.63, 3.8) is 0 Å². The molecule has 0 saturated heterocycles. The van der Waals surface area contributed by atoms with Crippen LogP contribution in [0.3, 0.4) is 0 Å². The van der Waals surface area contributed by atoms with Gasteiger partial charge in [0.1, 0.15) is 0 Å². The van der Waals surface area contributed by atoms with E-state index in [-0.39, 0.29) is 6.04 Å². The Hall–Kier alpha value is -0.620. The van der Waals surface area contributed by atoms with E-state index in [9.17, 15) is 0 Å². The highest BCUT2D eigenvalue weighted by molar-refractivity contribution is 7.99. The van der Waals surface area contributed by atoms with E-state index in [1.54, 1.807) is 11.8 Å². The number of rotatable bonds is 5. The van der Waals surface area contributed by atoms with Gasteiger partial charge in [-0.3, -0.25) is 0 Å². The number of hydrogen-bond donors (Lipinski definition) is 1. The van der Waals surface area contributed by atoms with Crippen molar-refractivity contribution in [2.75, 3.05) is 5.75 Å². The summed E-state index contributed by atoms with van der Waals surface area (Å²) in [5.74, 6) is 0.991. The van der Waals surface area contributed by atoms with Gasteiger partial charge in [-0.1, -0.05) is 24.6 Å². The highest BCUT2D eigenvalue weighted by atomic mass is 32.2. The van der Waals surface area contributed by atoms with Gasteiger partial charge in [-0.15, -0.1) is 5.10 Å². The zero-order chi connectivity index (χ0) is 11.4. The maximum Gasteiger partial charge on any atom is 0.209 e. The molecule has 1 fully saturated rings. The fraction of sp³-hybridized carbons (Fsp3) is 0.900. The van der Waals surface area contributed by atoms with Crippen LogP contribution in [0.15, 0.2) is 5.16 Å². The summed E-state index contributed by atoms with van der Waals surface area (Å²) >= 11 is 1.72. The summed E-state index contributed by atoms with van der Waals surface area (Å²) in [5.41, 5.74) is 5.72. The molecule has 1 aromatic heterocycles. The monoisotopic (exact) mass is 241 g/mol. The van der Waals surface area contributed by atoms with Crippen molar-refractivity contribution in [3.05, 3.63) is 0 Å². The minimum atomic E-state index is 0.253. The second-order valence-corrected chi connectivity index (χ2v) is 5.52. The number of aromatic nitrogens is 4. The maximum atomic E-state index is 5.72. The zero-order valence-corrected chi connectivity index (χ0v) is 10.5. The molecular formula is C10H19N5S. The molecule has 6 heteroatoms. The van der Waals surface area contributed by atoms with Crippen molar-refractivity contribution in [3.8, 4) is 0 Å². The number of hydrogen-bond acceptors (Lipinski definition) is 5. The van der Waals surface area contributed by atoms with Crippen LogP contribution in [0.25, 0.3) is 0 Å². The van der Waals surface area contributed by atoms with Gasteiger partial charge < -0.3 is 5.73 Å². The molecule has 0 spiro atoms. The van der Waals surface area contributed by atoms with E-state index < -0.39 is 0 Å². The fourth-order valence-electron chi connectivity index (χ4n) is 1.99. The Bertz CT molecular complexity index is 319. The predicted molar refractivity (Wildman–Crippen MR) is 64.3 cm³/mol. The number of tetrazole rings is 1. The molecule has 2 rings (SSSR count). The highest BCUT2D eigenvalue weighted by Gasteiger charge is 2.21. The van der Waals surface area contributed by atoms with Crippen LogP contribution in [0.1, 0.15) is 45.1 Å². The smallest absolute Gasteiger partial charge is 0.209 e. The van der Waals surface area contributed by atoms with Crippen LogP contribution >= 0.6 is 11.8 Å². The largest absolute Gasteiger partial charge is 0.328 e. The number of thioether (sulfide) groups is 1. The topological polar surface area (TPSA) is 69.6 Å². The third kappa shape index (κ3) is 2.95. The van der Waals surface area contributed by atoms with Crippen molar-refractivity contribution >= 4 is 11.8 Å². The van der Waals surface area contributed by atoms with Gasteiger partial charge in [0.2, 0.25) is 5.16 Å². The average Bonchev–Trinajstić information content (AvgIpc) is 2.84. The molecule has 1 aromatic rings. The third-order valence-corrected chi connectivity index (χ3v) is 3.90. The van der Waals surface area contributed by atoms with Crippen LogP contribution in [0.2, 0.25) is 0 Å². The van der Waals surface area contributed by atoms with Crippen molar-refractivity contribution in [1.29, 1.82) is 0 Å². The minimum Gasteiger partial charge on any atom is -0.328 e. The van der Waals surface area contributed by atoms with E-state index in [1.807, 2.05) is 11.6 Å². The summed E-state index contributed by atoms with van der Waals surface area (Å²) in [7, 11) is 0. The first-order chi connectivity index (χ1) is 7.77. The summed E-state index contributed by atoms with van der Waals surface area (Å²) in [5, 5.41) is 12.9. The van der Waals surface area contributed by atoms with Gasteiger partial charge in [-0.05, 0) is 36.6 Å². The number of nitrogens with zero attached hydrogens (tertiary/aromatic N) is 4. The van der Waals surface area contributed by atoms with Gasteiger partial charge in [-0.25, -0.2) is 4.68 Å². The second-order valence-electron chi connectivity index (χ2n) is 4.46. The van der Waals surface area contributed by atoms with Gasteiger partial charge >= 0.3 is 0 Å². The standard InChI is InChI=1S/C10H19N5S/c1-8(11)6-7-16-10-12-13-14-15(10)9-4-2-3-5-9/h8-9H,2-7,11H2,1H3. The van der Waals surface area contributed by atoms with Crippen LogP contribution < -0.4 is 5.73 Å². The Morgan fingerprint density at radius 1 is 1.50 bits per heavy atom. The van der Waals surface area contributed by atoms with Crippen LogP contribution in [-0.4, -0.2) is 32.0 Å². The van der Waals surface area contributed by atoms with Gasteiger partial charge in [0.25, 0.3) is 0 Å². The van der Waals surface area contributed by atoms with Gasteiger partial charge in [0, 0.05) is 11.8 Å². The lowest BCUT2D eigenvalue weighted by Gasteiger charge is -2.10. The van der Waals surface area contributed by atoms with E-state index in [1.165, 1.54) is 25.7 Å². The van der Waals surface area contributed by atoms with E-state index >= 15 is 0 Å². The molecule has 0 bridgehead atoms. The predicted octanol–water partition coefficient (Wildman–Crippen LogP) is 1.62. The highest BCUT2D eigenvalue weighted by Crippen LogP contribution is 2.31. The minimum absolute atomic E-state index is 0.253. The summed E-state index contributed by atoms with van der Waals surface area (Å²) in [6, 6.07) is 0.774. The molecular weight excluding hydrogens is 222 g/mol. The van der Waals surface area contributed by atoms with Crippen molar-refractivity contribution in [2.24, 2.45) is 5.73 Å². The normalized spacial score (nSPS) is 19.1. The molecule has 0 aliphatic heterocycles. The molecule has 0 amide bonds. The lowest BCUT2D eigenvalue weighted by Crippen LogP contribution is -2.15. The molecule has 2 N–H and O–H groups in total. The van der Waals surface area contributed by atoms with Crippen molar-refractivity contribution in [2.45, 2.75) is 56.3 Å². The molecule has 0 radical (unpaired) electrons. The first-order valence-corrected chi connectivity index (χ1v) is 6.92. The SMILES string of the molecule is CC(N)CCSc1nnnn1C1CCCC1. The maximum absolute atomic E-state index is 5.72. The lowest BCUT2D eigenvalue weighted by molar-refractivity contribution is 0.423. The summed E-state index contributed by atoms with van der Waals surface area (Å²) in [6.07, 6.45) is 6.03. The van der Waals surface area contributed by atoms with Crippen LogP contribution in [0, 0.1) is 0 Å². The molecule has 90 valence electrons. The summed E-state index contributed by atoms with van der Waals surface area (Å²) in [4.78, 5) is 0. The first kappa shape index (κ1) is 11.9. The molecule has 5 nitrogen and oxygen atoms in total. The zero-order valence-electron chi connectivity index (χ0n) is 9.67.